The minimum atomic E-state index is -0.120. The summed E-state index contributed by atoms with van der Waals surface area (Å²) in [6, 6.07) is 0. The Morgan fingerprint density at radius 2 is 2.08 bits per heavy atom. The molecule has 0 bridgehead atoms. The first-order chi connectivity index (χ1) is 12.0. The summed E-state index contributed by atoms with van der Waals surface area (Å²) >= 11 is 0. The summed E-state index contributed by atoms with van der Waals surface area (Å²) in [5, 5.41) is 10.1. The maximum Gasteiger partial charge on any atom is 0.0989 e. The van der Waals surface area contributed by atoms with Crippen molar-refractivity contribution in [1.29, 1.82) is 0 Å². The molecule has 0 aliphatic heterocycles. The van der Waals surface area contributed by atoms with E-state index in [1.54, 1.807) is 5.57 Å². The molecule has 0 amide bonds. The van der Waals surface area contributed by atoms with E-state index < -0.39 is 0 Å². The van der Waals surface area contributed by atoms with Crippen LogP contribution < -0.4 is 0 Å². The highest BCUT2D eigenvalue weighted by Crippen LogP contribution is 2.64. The van der Waals surface area contributed by atoms with Crippen molar-refractivity contribution in [3.05, 3.63) is 48.1 Å². The Kier molecular flexibility index (Phi) is 3.25. The molecule has 5 rings (SSSR count). The molecule has 2 fully saturated rings. The molecule has 25 heavy (non-hydrogen) atoms. The molecule has 1 aromatic heterocycles. The molecule has 1 aromatic rings. The molecular weight excluding hydrogens is 308 g/mol. The van der Waals surface area contributed by atoms with Crippen LogP contribution in [0.2, 0.25) is 0 Å². The van der Waals surface area contributed by atoms with Gasteiger partial charge in [0.1, 0.15) is 0 Å². The third kappa shape index (κ3) is 2.05. The number of aliphatic hydroxyl groups is 1. The first-order valence-electron chi connectivity index (χ1n) is 9.81. The number of fused-ring (bicyclic) bond motifs is 5. The molecule has 3 heteroatoms. The van der Waals surface area contributed by atoms with Gasteiger partial charge >= 0.3 is 0 Å². The Labute approximate surface area is 150 Å². The van der Waals surface area contributed by atoms with Crippen LogP contribution in [0.1, 0.15) is 52.4 Å². The second kappa shape index (κ2) is 5.20. The predicted molar refractivity (Wildman–Crippen MR) is 99.6 cm³/mol. The van der Waals surface area contributed by atoms with Gasteiger partial charge in [-0.25, -0.2) is 4.98 Å². The van der Waals surface area contributed by atoms with E-state index in [0.29, 0.717) is 11.3 Å². The number of hydrogen-bond acceptors (Lipinski definition) is 2. The van der Waals surface area contributed by atoms with Crippen molar-refractivity contribution < 1.29 is 5.11 Å². The maximum absolute atomic E-state index is 10.1. The highest BCUT2D eigenvalue weighted by Gasteiger charge is 2.54. The highest BCUT2D eigenvalue weighted by atomic mass is 16.3. The normalized spacial score (nSPS) is 42.7. The van der Waals surface area contributed by atoms with E-state index in [2.05, 4.69) is 47.8 Å². The Balaban J connectivity index is 1.50. The Morgan fingerprint density at radius 3 is 2.88 bits per heavy atom. The van der Waals surface area contributed by atoms with Crippen molar-refractivity contribution in [3.8, 4) is 0 Å². The summed E-state index contributed by atoms with van der Waals surface area (Å²) in [7, 11) is 0. The highest BCUT2D eigenvalue weighted by molar-refractivity contribution is 5.66. The lowest BCUT2D eigenvalue weighted by Crippen LogP contribution is -2.47. The van der Waals surface area contributed by atoms with Crippen LogP contribution in [0.3, 0.4) is 0 Å². The quantitative estimate of drug-likeness (QED) is 0.762. The fourth-order valence-corrected chi connectivity index (χ4v) is 6.40. The smallest absolute Gasteiger partial charge is 0.0989 e. The average Bonchev–Trinajstić information content (AvgIpc) is 3.22. The lowest BCUT2D eigenvalue weighted by Gasteiger charge is -2.55. The molecule has 1 heterocycles. The van der Waals surface area contributed by atoms with Crippen molar-refractivity contribution in [1.82, 2.24) is 9.55 Å². The molecule has 4 aliphatic rings. The van der Waals surface area contributed by atoms with Gasteiger partial charge in [0.05, 0.1) is 12.4 Å². The summed E-state index contributed by atoms with van der Waals surface area (Å²) in [6.07, 6.45) is 19.6. The molecule has 132 valence electrons. The van der Waals surface area contributed by atoms with Gasteiger partial charge in [0, 0.05) is 23.5 Å². The minimum absolute atomic E-state index is 0.120. The molecule has 2 saturated carbocycles. The van der Waals surface area contributed by atoms with Gasteiger partial charge in [-0.05, 0) is 61.9 Å². The van der Waals surface area contributed by atoms with Crippen molar-refractivity contribution in [2.24, 2.45) is 22.7 Å². The second-order valence-electron chi connectivity index (χ2n) is 9.01. The van der Waals surface area contributed by atoms with E-state index in [1.807, 2.05) is 12.5 Å². The number of rotatable bonds is 1. The molecule has 0 unspecified atom stereocenters. The number of allylic oxidation sites excluding steroid dienone is 5. The average molecular weight is 336 g/mol. The van der Waals surface area contributed by atoms with Gasteiger partial charge in [-0.1, -0.05) is 37.1 Å². The van der Waals surface area contributed by atoms with Crippen molar-refractivity contribution in [3.63, 3.8) is 0 Å². The van der Waals surface area contributed by atoms with Crippen molar-refractivity contribution >= 4 is 5.70 Å². The van der Waals surface area contributed by atoms with Crippen LogP contribution >= 0.6 is 0 Å². The van der Waals surface area contributed by atoms with Crippen LogP contribution in [0, 0.1) is 22.7 Å². The Hall–Kier alpha value is -1.61. The van der Waals surface area contributed by atoms with Crippen LogP contribution in [-0.2, 0) is 0 Å². The summed E-state index contributed by atoms with van der Waals surface area (Å²) in [5.41, 5.74) is 5.00. The van der Waals surface area contributed by atoms with Crippen LogP contribution in [0.25, 0.3) is 5.70 Å². The maximum atomic E-state index is 10.1. The van der Waals surface area contributed by atoms with Gasteiger partial charge in [0.15, 0.2) is 0 Å². The van der Waals surface area contributed by atoms with Gasteiger partial charge < -0.3 is 9.67 Å². The standard InChI is InChI=1S/C22H28N2O/c1-21-9-7-16(25)13-15(21)3-4-17-18-5-6-20(24-12-11-23-14-24)22(18,2)10-8-19(17)21/h3,5-6,11-12,14,16-17,19,25H,4,7-10,13H2,1-2H3/t16-,17-,19-,21-,22-/m0/s1. The monoisotopic (exact) mass is 336 g/mol. The van der Waals surface area contributed by atoms with Gasteiger partial charge in [-0.3, -0.25) is 0 Å². The fourth-order valence-electron chi connectivity index (χ4n) is 6.40. The Morgan fingerprint density at radius 1 is 1.20 bits per heavy atom. The van der Waals surface area contributed by atoms with E-state index in [1.165, 1.54) is 24.1 Å². The third-order valence-corrected chi connectivity index (χ3v) is 7.87. The molecule has 4 aliphatic carbocycles. The number of nitrogens with zero attached hydrogens (tertiary/aromatic N) is 2. The fraction of sp³-hybridized carbons (Fsp3) is 0.591. The molecule has 5 atom stereocenters. The van der Waals surface area contributed by atoms with Crippen LogP contribution in [0.15, 0.2) is 48.1 Å². The molecule has 3 nitrogen and oxygen atoms in total. The van der Waals surface area contributed by atoms with E-state index in [0.717, 1.165) is 31.6 Å². The predicted octanol–water partition coefficient (Wildman–Crippen LogP) is 4.58. The van der Waals surface area contributed by atoms with Crippen LogP contribution in [0.5, 0.6) is 0 Å². The molecule has 0 saturated heterocycles. The zero-order valence-electron chi connectivity index (χ0n) is 15.3. The second-order valence-corrected chi connectivity index (χ2v) is 9.01. The largest absolute Gasteiger partial charge is 0.393 e. The van der Waals surface area contributed by atoms with E-state index in [9.17, 15) is 5.11 Å². The van der Waals surface area contributed by atoms with E-state index in [4.69, 9.17) is 0 Å². The molecule has 0 spiro atoms. The summed E-state index contributed by atoms with van der Waals surface area (Å²) in [6.45, 7) is 4.91. The van der Waals surface area contributed by atoms with Gasteiger partial charge in [-0.2, -0.15) is 0 Å². The molecule has 1 N–H and O–H groups in total. The summed E-state index contributed by atoms with van der Waals surface area (Å²) in [4.78, 5) is 4.25. The van der Waals surface area contributed by atoms with Gasteiger partial charge in [0.25, 0.3) is 0 Å². The summed E-state index contributed by atoms with van der Waals surface area (Å²) < 4.78 is 2.20. The van der Waals surface area contributed by atoms with Crippen molar-refractivity contribution in [2.75, 3.05) is 0 Å². The third-order valence-electron chi connectivity index (χ3n) is 7.87. The molecule has 0 aromatic carbocycles. The number of hydrogen-bond donors (Lipinski definition) is 1. The Bertz CT molecular complexity index is 787. The summed E-state index contributed by atoms with van der Waals surface area (Å²) in [5.74, 6) is 1.38. The topological polar surface area (TPSA) is 38.0 Å². The van der Waals surface area contributed by atoms with Crippen LogP contribution in [0.4, 0.5) is 0 Å². The number of aromatic nitrogens is 2. The zero-order chi connectivity index (χ0) is 17.2. The SMILES string of the molecule is C[C@]12CC[C@H]3[C@@H](CC=C4C[C@@H](O)CC[C@@]43C)C1=CC=C2n1ccnc1. The molecular formula is C22H28N2O. The first kappa shape index (κ1) is 15.6. The lowest BCUT2D eigenvalue weighted by atomic mass is 9.49. The van der Waals surface area contributed by atoms with Gasteiger partial charge in [0.2, 0.25) is 0 Å². The zero-order valence-corrected chi connectivity index (χ0v) is 15.3. The van der Waals surface area contributed by atoms with E-state index >= 15 is 0 Å². The van der Waals surface area contributed by atoms with E-state index in [-0.39, 0.29) is 11.5 Å². The van der Waals surface area contributed by atoms with Crippen molar-refractivity contribution in [2.45, 2.75) is 58.5 Å². The first-order valence-corrected chi connectivity index (χ1v) is 9.81. The number of aliphatic hydroxyl groups excluding tert-OH is 1. The molecule has 0 radical (unpaired) electrons. The minimum Gasteiger partial charge on any atom is -0.393 e. The van der Waals surface area contributed by atoms with Crippen LogP contribution in [-0.4, -0.2) is 20.8 Å². The lowest BCUT2D eigenvalue weighted by molar-refractivity contribution is 0.0364. The number of imidazole rings is 1. The van der Waals surface area contributed by atoms with Gasteiger partial charge in [-0.15, -0.1) is 0 Å².